The molecular formula is C14H28N2O4S. The van der Waals surface area contributed by atoms with Crippen molar-refractivity contribution >= 4 is 15.7 Å². The molecule has 21 heavy (non-hydrogen) atoms. The third kappa shape index (κ3) is 5.56. The van der Waals surface area contributed by atoms with Gasteiger partial charge in [0.25, 0.3) is 0 Å². The number of nitrogens with zero attached hydrogens (tertiary/aromatic N) is 1. The molecule has 7 heteroatoms. The van der Waals surface area contributed by atoms with E-state index in [1.165, 1.54) is 4.90 Å². The van der Waals surface area contributed by atoms with Crippen molar-refractivity contribution in [1.29, 1.82) is 0 Å². The lowest BCUT2D eigenvalue weighted by molar-refractivity contribution is -0.138. The number of rotatable bonds is 6. The lowest BCUT2D eigenvalue weighted by Gasteiger charge is -2.33. The van der Waals surface area contributed by atoms with Crippen LogP contribution < -0.4 is 5.73 Å². The van der Waals surface area contributed by atoms with Crippen LogP contribution in [-0.2, 0) is 14.6 Å². The summed E-state index contributed by atoms with van der Waals surface area (Å²) >= 11 is 0. The normalized spacial score (nSPS) is 23.0. The van der Waals surface area contributed by atoms with Crippen molar-refractivity contribution in [3.05, 3.63) is 0 Å². The van der Waals surface area contributed by atoms with Crippen molar-refractivity contribution in [3.63, 3.8) is 0 Å². The van der Waals surface area contributed by atoms with E-state index in [0.29, 0.717) is 12.8 Å². The highest BCUT2D eigenvalue weighted by Gasteiger charge is 2.37. The lowest BCUT2D eigenvalue weighted by Crippen LogP contribution is -2.48. The third-order valence-corrected chi connectivity index (χ3v) is 5.52. The van der Waals surface area contributed by atoms with Gasteiger partial charge in [-0.25, -0.2) is 8.42 Å². The van der Waals surface area contributed by atoms with Gasteiger partial charge in [0.1, 0.15) is 0 Å². The molecule has 3 N–H and O–H groups in total. The Balaban J connectivity index is 2.86. The summed E-state index contributed by atoms with van der Waals surface area (Å²) in [5, 5.41) is 9.19. The summed E-state index contributed by atoms with van der Waals surface area (Å²) in [7, 11) is -3.07. The Labute approximate surface area is 127 Å². The largest absolute Gasteiger partial charge is 0.395 e. The lowest BCUT2D eigenvalue weighted by atomic mass is 9.84. The third-order valence-electron chi connectivity index (χ3n) is 3.77. The highest BCUT2D eigenvalue weighted by atomic mass is 32.2. The molecule has 1 fully saturated rings. The first kappa shape index (κ1) is 18.4. The van der Waals surface area contributed by atoms with E-state index in [0.717, 1.165) is 0 Å². The first-order chi connectivity index (χ1) is 9.59. The van der Waals surface area contributed by atoms with Crippen molar-refractivity contribution < 1.29 is 18.3 Å². The van der Waals surface area contributed by atoms with E-state index >= 15 is 0 Å². The molecular weight excluding hydrogens is 292 g/mol. The van der Waals surface area contributed by atoms with Crippen LogP contribution in [0.2, 0.25) is 0 Å². The molecule has 0 aromatic rings. The number of nitrogens with two attached hydrogens (primary N) is 1. The van der Waals surface area contributed by atoms with Crippen LogP contribution in [0.5, 0.6) is 0 Å². The SMILES string of the molecule is CC(C)(C)CC(CN)C(=O)N(CCO)C1CCS(=O)(=O)C1. The van der Waals surface area contributed by atoms with Gasteiger partial charge in [-0.05, 0) is 18.3 Å². The smallest absolute Gasteiger partial charge is 0.227 e. The summed E-state index contributed by atoms with van der Waals surface area (Å²) in [6.07, 6.45) is 1.09. The standard InChI is InChI=1S/C14H28N2O4S/c1-14(2,3)8-11(9-15)13(18)16(5-6-17)12-4-7-21(19,20)10-12/h11-12,17H,4-10,15H2,1-3H3. The van der Waals surface area contributed by atoms with Crippen molar-refractivity contribution in [3.8, 4) is 0 Å². The fraction of sp³-hybridized carbons (Fsp3) is 0.929. The molecule has 1 heterocycles. The molecule has 0 aromatic carbocycles. The predicted molar refractivity (Wildman–Crippen MR) is 82.5 cm³/mol. The quantitative estimate of drug-likeness (QED) is 0.718. The number of carbonyl (C=O) groups is 1. The molecule has 6 nitrogen and oxygen atoms in total. The first-order valence-electron chi connectivity index (χ1n) is 7.41. The van der Waals surface area contributed by atoms with E-state index in [9.17, 15) is 18.3 Å². The second-order valence-electron chi connectivity index (χ2n) is 7.01. The second kappa shape index (κ2) is 7.07. The summed E-state index contributed by atoms with van der Waals surface area (Å²) in [5.41, 5.74) is 5.70. The van der Waals surface area contributed by atoms with Crippen LogP contribution in [0.15, 0.2) is 0 Å². The van der Waals surface area contributed by atoms with Crippen LogP contribution in [-0.4, -0.2) is 61.6 Å². The zero-order chi connectivity index (χ0) is 16.3. The first-order valence-corrected chi connectivity index (χ1v) is 9.23. The van der Waals surface area contributed by atoms with E-state index < -0.39 is 9.84 Å². The molecule has 2 atom stereocenters. The van der Waals surface area contributed by atoms with Gasteiger partial charge in [-0.2, -0.15) is 0 Å². The second-order valence-corrected chi connectivity index (χ2v) is 9.24. The minimum absolute atomic E-state index is 0.00838. The average Bonchev–Trinajstić information content (AvgIpc) is 2.71. The fourth-order valence-electron chi connectivity index (χ4n) is 2.85. The fourth-order valence-corrected chi connectivity index (χ4v) is 4.58. The molecule has 0 aliphatic carbocycles. The Bertz CT molecular complexity index is 456. The number of hydrogen-bond acceptors (Lipinski definition) is 5. The molecule has 1 rings (SSSR count). The van der Waals surface area contributed by atoms with Crippen LogP contribution in [0, 0.1) is 11.3 Å². The van der Waals surface area contributed by atoms with Gasteiger partial charge in [0.2, 0.25) is 5.91 Å². The summed E-state index contributed by atoms with van der Waals surface area (Å²) in [6, 6.07) is -0.330. The van der Waals surface area contributed by atoms with E-state index in [2.05, 4.69) is 0 Å². The molecule has 1 saturated heterocycles. The topological polar surface area (TPSA) is 101 Å². The number of sulfone groups is 1. The molecule has 0 spiro atoms. The average molecular weight is 320 g/mol. The summed E-state index contributed by atoms with van der Waals surface area (Å²) < 4.78 is 23.2. The maximum Gasteiger partial charge on any atom is 0.227 e. The van der Waals surface area contributed by atoms with Gasteiger partial charge < -0.3 is 15.7 Å². The number of aliphatic hydroxyl groups is 1. The Morgan fingerprint density at radius 1 is 1.43 bits per heavy atom. The van der Waals surface area contributed by atoms with E-state index in [1.807, 2.05) is 20.8 Å². The van der Waals surface area contributed by atoms with Crippen LogP contribution in [0.1, 0.15) is 33.6 Å². The summed E-state index contributed by atoms with van der Waals surface area (Å²) in [5.74, 6) is -0.367. The highest BCUT2D eigenvalue weighted by molar-refractivity contribution is 7.91. The molecule has 2 unspecified atom stereocenters. The molecule has 124 valence electrons. The summed E-state index contributed by atoms with van der Waals surface area (Å²) in [6.45, 7) is 6.35. The van der Waals surface area contributed by atoms with Crippen molar-refractivity contribution in [2.45, 2.75) is 39.7 Å². The van der Waals surface area contributed by atoms with Crippen LogP contribution >= 0.6 is 0 Å². The minimum atomic E-state index is -3.07. The predicted octanol–water partition coefficient (Wildman–Crippen LogP) is 0.00550. The van der Waals surface area contributed by atoms with Gasteiger partial charge in [-0.15, -0.1) is 0 Å². The zero-order valence-electron chi connectivity index (χ0n) is 13.2. The maximum atomic E-state index is 12.7. The number of aliphatic hydroxyl groups excluding tert-OH is 1. The monoisotopic (exact) mass is 320 g/mol. The zero-order valence-corrected chi connectivity index (χ0v) is 14.0. The van der Waals surface area contributed by atoms with E-state index in [1.54, 1.807) is 0 Å². The van der Waals surface area contributed by atoms with Gasteiger partial charge in [0.15, 0.2) is 9.84 Å². The molecule has 1 amide bonds. The van der Waals surface area contributed by atoms with Crippen molar-refractivity contribution in [2.24, 2.45) is 17.1 Å². The summed E-state index contributed by atoms with van der Waals surface area (Å²) in [4.78, 5) is 14.2. The molecule has 0 radical (unpaired) electrons. The van der Waals surface area contributed by atoms with Gasteiger partial charge in [-0.1, -0.05) is 20.8 Å². The van der Waals surface area contributed by atoms with E-state index in [-0.39, 0.29) is 54.5 Å². The molecule has 1 aliphatic rings. The molecule has 0 aromatic heterocycles. The molecule has 0 saturated carbocycles. The molecule has 0 bridgehead atoms. The van der Waals surface area contributed by atoms with Gasteiger partial charge in [-0.3, -0.25) is 4.79 Å². The van der Waals surface area contributed by atoms with Crippen molar-refractivity contribution in [2.75, 3.05) is 31.2 Å². The van der Waals surface area contributed by atoms with Crippen LogP contribution in [0.25, 0.3) is 0 Å². The van der Waals surface area contributed by atoms with Gasteiger partial charge in [0, 0.05) is 19.1 Å². The minimum Gasteiger partial charge on any atom is -0.395 e. The Morgan fingerprint density at radius 3 is 2.43 bits per heavy atom. The maximum absolute atomic E-state index is 12.7. The Morgan fingerprint density at radius 2 is 2.05 bits per heavy atom. The van der Waals surface area contributed by atoms with Crippen LogP contribution in [0.4, 0.5) is 0 Å². The van der Waals surface area contributed by atoms with E-state index in [4.69, 9.17) is 5.73 Å². The highest BCUT2D eigenvalue weighted by Crippen LogP contribution is 2.27. The Hall–Kier alpha value is -0.660. The van der Waals surface area contributed by atoms with Gasteiger partial charge in [0.05, 0.1) is 24.0 Å². The number of hydrogen-bond donors (Lipinski definition) is 2. The molecule has 1 aliphatic heterocycles. The van der Waals surface area contributed by atoms with Gasteiger partial charge >= 0.3 is 0 Å². The number of amides is 1. The van der Waals surface area contributed by atoms with Crippen molar-refractivity contribution in [1.82, 2.24) is 4.90 Å². The Kier molecular flexibility index (Phi) is 6.19. The number of carbonyl (C=O) groups excluding carboxylic acids is 1. The van der Waals surface area contributed by atoms with Crippen LogP contribution in [0.3, 0.4) is 0 Å².